The molecule has 130 valence electrons. The number of nitrogens with one attached hydrogen (secondary N) is 1. The smallest absolute Gasteiger partial charge is 0.258 e. The van der Waals surface area contributed by atoms with Crippen LogP contribution in [0.25, 0.3) is 21.9 Å². The maximum atomic E-state index is 12.7. The van der Waals surface area contributed by atoms with Gasteiger partial charge < -0.3 is 5.32 Å². The minimum atomic E-state index is -0.204. The molecule has 0 radical (unpaired) electrons. The number of pyridine rings is 1. The summed E-state index contributed by atoms with van der Waals surface area (Å²) in [5, 5.41) is 9.36. The molecule has 0 aliphatic carbocycles. The first kappa shape index (κ1) is 16.7. The van der Waals surface area contributed by atoms with Crippen molar-refractivity contribution < 1.29 is 4.79 Å². The number of fused-ring (bicyclic) bond motifs is 2. The fourth-order valence-electron chi connectivity index (χ4n) is 3.01. The second-order valence-corrected chi connectivity index (χ2v) is 7.01. The summed E-state index contributed by atoms with van der Waals surface area (Å²) in [5.41, 5.74) is 3.42. The van der Waals surface area contributed by atoms with Gasteiger partial charge in [-0.15, -0.1) is 0 Å². The van der Waals surface area contributed by atoms with Crippen molar-refractivity contribution in [2.24, 2.45) is 0 Å². The molecule has 2 heterocycles. The molecule has 2 aromatic heterocycles. The zero-order valence-corrected chi connectivity index (χ0v) is 16.0. The number of carbonyl (C=O) groups is 1. The van der Waals surface area contributed by atoms with Crippen LogP contribution in [0.1, 0.15) is 22.8 Å². The van der Waals surface area contributed by atoms with Crippen LogP contribution < -0.4 is 5.32 Å². The lowest BCUT2D eigenvalue weighted by atomic mass is 10.1. The fourth-order valence-corrected chi connectivity index (χ4v) is 3.48. The van der Waals surface area contributed by atoms with Gasteiger partial charge in [0.2, 0.25) is 0 Å². The fraction of sp³-hybridized carbons (Fsp3) is 0.150. The van der Waals surface area contributed by atoms with Gasteiger partial charge >= 0.3 is 0 Å². The molecule has 0 spiro atoms. The van der Waals surface area contributed by atoms with Gasteiger partial charge in [0.05, 0.1) is 16.5 Å². The van der Waals surface area contributed by atoms with Gasteiger partial charge in [0.1, 0.15) is 0 Å². The molecule has 0 bridgehead atoms. The number of amides is 1. The summed E-state index contributed by atoms with van der Waals surface area (Å²) in [6, 6.07) is 15.5. The minimum absolute atomic E-state index is 0.204. The summed E-state index contributed by atoms with van der Waals surface area (Å²) in [7, 11) is 0. The van der Waals surface area contributed by atoms with Crippen LogP contribution in [0.3, 0.4) is 0 Å². The summed E-state index contributed by atoms with van der Waals surface area (Å²) in [6.07, 6.45) is 0. The van der Waals surface area contributed by atoms with Crippen LogP contribution in [0.5, 0.6) is 0 Å². The molecule has 2 aromatic carbocycles. The van der Waals surface area contributed by atoms with Crippen molar-refractivity contribution in [2.75, 3.05) is 5.32 Å². The van der Waals surface area contributed by atoms with Crippen LogP contribution in [0.15, 0.2) is 53.0 Å². The van der Waals surface area contributed by atoms with E-state index in [4.69, 9.17) is 4.98 Å². The molecule has 0 atom stereocenters. The number of benzene rings is 2. The van der Waals surface area contributed by atoms with Crippen molar-refractivity contribution in [3.8, 4) is 0 Å². The van der Waals surface area contributed by atoms with E-state index in [1.54, 1.807) is 6.07 Å². The first-order valence-electron chi connectivity index (χ1n) is 8.40. The van der Waals surface area contributed by atoms with Crippen LogP contribution in [0.2, 0.25) is 0 Å². The molecule has 0 saturated heterocycles. The zero-order valence-electron chi connectivity index (χ0n) is 14.5. The molecule has 1 amide bonds. The zero-order chi connectivity index (χ0) is 18.3. The number of aryl methyl sites for hydroxylation is 2. The minimum Gasteiger partial charge on any atom is -0.304 e. The predicted octanol–water partition coefficient (Wildman–Crippen LogP) is 4.93. The van der Waals surface area contributed by atoms with Crippen LogP contribution in [0.4, 0.5) is 5.82 Å². The third kappa shape index (κ3) is 2.86. The average molecular weight is 409 g/mol. The summed E-state index contributed by atoms with van der Waals surface area (Å²) in [6.45, 7) is 4.73. The predicted molar refractivity (Wildman–Crippen MR) is 108 cm³/mol. The molecule has 0 aliphatic heterocycles. The van der Waals surface area contributed by atoms with Crippen molar-refractivity contribution in [3.05, 3.63) is 64.1 Å². The largest absolute Gasteiger partial charge is 0.304 e. The van der Waals surface area contributed by atoms with Gasteiger partial charge in [-0.05, 0) is 60.1 Å². The summed E-state index contributed by atoms with van der Waals surface area (Å²) >= 11 is 3.42. The van der Waals surface area contributed by atoms with E-state index in [1.165, 1.54) is 5.56 Å². The first-order chi connectivity index (χ1) is 12.6. The van der Waals surface area contributed by atoms with E-state index in [-0.39, 0.29) is 5.91 Å². The van der Waals surface area contributed by atoms with Gasteiger partial charge in [-0.1, -0.05) is 23.8 Å². The highest BCUT2D eigenvalue weighted by Crippen LogP contribution is 2.27. The van der Waals surface area contributed by atoms with E-state index in [9.17, 15) is 4.79 Å². The Bertz CT molecular complexity index is 1150. The van der Waals surface area contributed by atoms with Crippen molar-refractivity contribution in [1.82, 2.24) is 14.8 Å². The maximum Gasteiger partial charge on any atom is 0.258 e. The molecule has 0 saturated carbocycles. The number of hydrogen-bond acceptors (Lipinski definition) is 3. The molecule has 4 rings (SSSR count). The Kier molecular flexibility index (Phi) is 4.20. The number of nitrogens with zero attached hydrogens (tertiary/aromatic N) is 3. The molecule has 0 aliphatic rings. The summed E-state index contributed by atoms with van der Waals surface area (Å²) < 4.78 is 2.56. The number of rotatable bonds is 3. The van der Waals surface area contributed by atoms with Crippen molar-refractivity contribution in [2.45, 2.75) is 20.4 Å². The van der Waals surface area contributed by atoms with E-state index >= 15 is 0 Å². The van der Waals surface area contributed by atoms with Crippen molar-refractivity contribution >= 4 is 49.6 Å². The molecule has 0 fully saturated rings. The Balaban J connectivity index is 1.84. The second kappa shape index (κ2) is 6.53. The maximum absolute atomic E-state index is 12.7. The lowest BCUT2D eigenvalue weighted by Gasteiger charge is -2.05. The number of aromatic nitrogens is 3. The third-order valence-corrected chi connectivity index (χ3v) is 5.01. The molecule has 6 heteroatoms. The van der Waals surface area contributed by atoms with Gasteiger partial charge in [0, 0.05) is 16.4 Å². The first-order valence-corrected chi connectivity index (χ1v) is 9.20. The number of carbonyl (C=O) groups excluding carboxylic acids is 1. The van der Waals surface area contributed by atoms with Gasteiger partial charge in [-0.2, -0.15) is 5.10 Å². The summed E-state index contributed by atoms with van der Waals surface area (Å²) in [5.74, 6) is 0.322. The van der Waals surface area contributed by atoms with Crippen LogP contribution in [-0.2, 0) is 6.54 Å². The molecule has 0 unspecified atom stereocenters. The Morgan fingerprint density at radius 2 is 2.00 bits per heavy atom. The Morgan fingerprint density at radius 3 is 2.77 bits per heavy atom. The van der Waals surface area contributed by atoms with Gasteiger partial charge in [0.15, 0.2) is 11.5 Å². The monoisotopic (exact) mass is 408 g/mol. The normalized spacial score (nSPS) is 11.2. The molecule has 26 heavy (non-hydrogen) atoms. The van der Waals surface area contributed by atoms with E-state index in [0.29, 0.717) is 17.9 Å². The van der Waals surface area contributed by atoms with E-state index < -0.39 is 0 Å². The van der Waals surface area contributed by atoms with E-state index in [1.807, 2.05) is 48.0 Å². The number of anilines is 1. The van der Waals surface area contributed by atoms with Crippen LogP contribution in [0, 0.1) is 6.92 Å². The van der Waals surface area contributed by atoms with Crippen molar-refractivity contribution in [1.29, 1.82) is 0 Å². The van der Waals surface area contributed by atoms with Crippen LogP contribution in [-0.4, -0.2) is 20.7 Å². The quantitative estimate of drug-likeness (QED) is 0.522. The van der Waals surface area contributed by atoms with Gasteiger partial charge in [-0.3, -0.25) is 4.79 Å². The third-order valence-electron chi connectivity index (χ3n) is 4.32. The molecule has 4 aromatic rings. The number of halogens is 1. The summed E-state index contributed by atoms with van der Waals surface area (Å²) in [4.78, 5) is 17.4. The van der Waals surface area contributed by atoms with Crippen LogP contribution >= 0.6 is 15.9 Å². The molecule has 5 nitrogen and oxygen atoms in total. The molecular formula is C20H17BrN4O. The highest BCUT2D eigenvalue weighted by Gasteiger charge is 2.17. The van der Waals surface area contributed by atoms with E-state index in [2.05, 4.69) is 39.3 Å². The van der Waals surface area contributed by atoms with E-state index in [0.717, 1.165) is 26.4 Å². The average Bonchev–Trinajstić information content (AvgIpc) is 2.97. The Hall–Kier alpha value is -2.73. The molecule has 1 N–H and O–H groups in total. The standard InChI is InChI=1S/C20H17BrN4O/c1-3-25-19-15(11-13-10-12(2)8-9-17(13)22-19)18(24-25)23-20(26)14-6-4-5-7-16(14)21/h4-11H,3H2,1-2H3,(H,23,24,26). The second-order valence-electron chi connectivity index (χ2n) is 6.15. The Labute approximate surface area is 159 Å². The van der Waals surface area contributed by atoms with Gasteiger partial charge in [0.25, 0.3) is 5.91 Å². The lowest BCUT2D eigenvalue weighted by Crippen LogP contribution is -2.13. The highest BCUT2D eigenvalue weighted by molar-refractivity contribution is 9.10. The SMILES string of the molecule is CCn1nc(NC(=O)c2ccccc2Br)c2cc3cc(C)ccc3nc21. The van der Waals surface area contributed by atoms with Crippen molar-refractivity contribution in [3.63, 3.8) is 0 Å². The molecular weight excluding hydrogens is 392 g/mol. The topological polar surface area (TPSA) is 59.8 Å². The highest BCUT2D eigenvalue weighted by atomic mass is 79.9. The van der Waals surface area contributed by atoms with Gasteiger partial charge in [-0.25, -0.2) is 9.67 Å². The lowest BCUT2D eigenvalue weighted by molar-refractivity contribution is 0.102. The Morgan fingerprint density at radius 1 is 1.19 bits per heavy atom. The number of hydrogen-bond donors (Lipinski definition) is 1.